The van der Waals surface area contributed by atoms with E-state index in [1.807, 2.05) is 0 Å². The molecule has 1 heterocycles. The molecule has 1 fully saturated rings. The van der Waals surface area contributed by atoms with Crippen molar-refractivity contribution < 1.29 is 4.74 Å². The first-order valence-corrected chi connectivity index (χ1v) is 5.10. The van der Waals surface area contributed by atoms with E-state index < -0.39 is 0 Å². The zero-order valence-electron chi connectivity index (χ0n) is 9.85. The maximum Gasteiger partial charge on any atom is 0.0645 e. The van der Waals surface area contributed by atoms with E-state index >= 15 is 0 Å². The lowest BCUT2D eigenvalue weighted by atomic mass is 9.92. The first-order valence-electron chi connectivity index (χ1n) is 5.10. The Morgan fingerprint density at radius 1 is 0.923 bits per heavy atom. The minimum atomic E-state index is 0.229. The molecule has 0 N–H and O–H groups in total. The number of rotatable bonds is 1. The molecule has 0 spiro atoms. The molecule has 0 amide bonds. The summed E-state index contributed by atoms with van der Waals surface area (Å²) in [6.45, 7) is 15.4. The fraction of sp³-hybridized carbons (Fsp3) is 1.00. The maximum atomic E-state index is 5.26. The van der Waals surface area contributed by atoms with Crippen LogP contribution in [0.25, 0.3) is 0 Å². The Morgan fingerprint density at radius 3 is 1.38 bits per heavy atom. The van der Waals surface area contributed by atoms with Crippen LogP contribution in [0.4, 0.5) is 0 Å². The van der Waals surface area contributed by atoms with E-state index in [0.717, 1.165) is 13.2 Å². The number of nitrogens with zero attached hydrogens (tertiary/aromatic N) is 1. The molecule has 2 heteroatoms. The predicted octanol–water partition coefficient (Wildman–Crippen LogP) is 2.28. The van der Waals surface area contributed by atoms with E-state index in [-0.39, 0.29) is 11.1 Å². The van der Waals surface area contributed by atoms with Crippen LogP contribution in [0.2, 0.25) is 0 Å². The molecule has 78 valence electrons. The van der Waals surface area contributed by atoms with Gasteiger partial charge in [0.05, 0.1) is 19.3 Å². The van der Waals surface area contributed by atoms with Gasteiger partial charge in [0.1, 0.15) is 0 Å². The lowest BCUT2D eigenvalue weighted by Gasteiger charge is -2.52. The molecule has 0 bridgehead atoms. The van der Waals surface area contributed by atoms with Crippen molar-refractivity contribution in [3.8, 4) is 0 Å². The molecule has 0 atom stereocenters. The van der Waals surface area contributed by atoms with E-state index in [2.05, 4.69) is 46.4 Å². The molecule has 1 saturated heterocycles. The minimum absolute atomic E-state index is 0.229. The van der Waals surface area contributed by atoms with Crippen molar-refractivity contribution in [2.75, 3.05) is 13.2 Å². The topological polar surface area (TPSA) is 12.5 Å². The molecular weight excluding hydrogens is 162 g/mol. The molecule has 0 unspecified atom stereocenters. The molecule has 1 aliphatic rings. The van der Waals surface area contributed by atoms with Gasteiger partial charge in [0, 0.05) is 11.1 Å². The number of hydrogen-bond donors (Lipinski definition) is 0. The lowest BCUT2D eigenvalue weighted by Crippen LogP contribution is -2.63. The van der Waals surface area contributed by atoms with Crippen molar-refractivity contribution in [1.29, 1.82) is 0 Å². The minimum Gasteiger partial charge on any atom is -0.378 e. The van der Waals surface area contributed by atoms with Crippen LogP contribution in [0.3, 0.4) is 0 Å². The quantitative estimate of drug-likeness (QED) is 0.621. The van der Waals surface area contributed by atoms with Gasteiger partial charge in [-0.3, -0.25) is 4.90 Å². The molecule has 0 aliphatic carbocycles. The SMILES string of the molecule is CC(C)(C)N(C1COC1)C(C)(C)C. The summed E-state index contributed by atoms with van der Waals surface area (Å²) in [5, 5.41) is 0. The second-order valence-electron chi connectivity index (χ2n) is 5.90. The van der Waals surface area contributed by atoms with Crippen LogP contribution in [0.5, 0.6) is 0 Å². The monoisotopic (exact) mass is 185 g/mol. The van der Waals surface area contributed by atoms with Gasteiger partial charge in [-0.15, -0.1) is 0 Å². The third-order valence-electron chi connectivity index (χ3n) is 2.43. The van der Waals surface area contributed by atoms with E-state index in [1.165, 1.54) is 0 Å². The summed E-state index contributed by atoms with van der Waals surface area (Å²) in [4.78, 5) is 2.56. The molecule has 0 saturated carbocycles. The van der Waals surface area contributed by atoms with Gasteiger partial charge in [0.2, 0.25) is 0 Å². The van der Waals surface area contributed by atoms with Gasteiger partial charge >= 0.3 is 0 Å². The van der Waals surface area contributed by atoms with E-state index in [4.69, 9.17) is 4.74 Å². The summed E-state index contributed by atoms with van der Waals surface area (Å²) < 4.78 is 5.26. The average Bonchev–Trinajstić information content (AvgIpc) is 1.71. The van der Waals surface area contributed by atoms with Gasteiger partial charge < -0.3 is 4.74 Å². The van der Waals surface area contributed by atoms with Crippen molar-refractivity contribution >= 4 is 0 Å². The molecule has 13 heavy (non-hydrogen) atoms. The summed E-state index contributed by atoms with van der Waals surface area (Å²) in [7, 11) is 0. The summed E-state index contributed by atoms with van der Waals surface area (Å²) in [6.07, 6.45) is 0. The van der Waals surface area contributed by atoms with Crippen molar-refractivity contribution in [2.24, 2.45) is 0 Å². The molecule has 0 aromatic heterocycles. The van der Waals surface area contributed by atoms with Crippen LogP contribution in [-0.2, 0) is 4.74 Å². The molecule has 0 radical (unpaired) electrons. The lowest BCUT2D eigenvalue weighted by molar-refractivity contribution is -0.128. The van der Waals surface area contributed by atoms with E-state index in [0.29, 0.717) is 6.04 Å². The molecular formula is C11H23NO. The van der Waals surface area contributed by atoms with Gasteiger partial charge in [-0.05, 0) is 41.5 Å². The van der Waals surface area contributed by atoms with Crippen LogP contribution in [-0.4, -0.2) is 35.2 Å². The Morgan fingerprint density at radius 2 is 1.31 bits per heavy atom. The molecule has 1 aliphatic heterocycles. The number of hydrogen-bond acceptors (Lipinski definition) is 2. The predicted molar refractivity (Wildman–Crippen MR) is 56.0 cm³/mol. The highest BCUT2D eigenvalue weighted by atomic mass is 16.5. The maximum absolute atomic E-state index is 5.26. The molecule has 1 rings (SSSR count). The van der Waals surface area contributed by atoms with Gasteiger partial charge in [-0.2, -0.15) is 0 Å². The van der Waals surface area contributed by atoms with Gasteiger partial charge in [-0.1, -0.05) is 0 Å². The second-order valence-corrected chi connectivity index (χ2v) is 5.90. The summed E-state index contributed by atoms with van der Waals surface area (Å²) in [5.74, 6) is 0. The van der Waals surface area contributed by atoms with Crippen LogP contribution >= 0.6 is 0 Å². The smallest absolute Gasteiger partial charge is 0.0645 e. The standard InChI is InChI=1S/C11H23NO/c1-10(2,3)12(11(4,5)6)9-7-13-8-9/h9H,7-8H2,1-6H3. The summed E-state index contributed by atoms with van der Waals surface area (Å²) >= 11 is 0. The first-order chi connectivity index (χ1) is 5.73. The third kappa shape index (κ3) is 2.44. The van der Waals surface area contributed by atoms with Crippen LogP contribution in [0.15, 0.2) is 0 Å². The normalized spacial score (nSPS) is 20.5. The van der Waals surface area contributed by atoms with Crippen molar-refractivity contribution in [3.63, 3.8) is 0 Å². The van der Waals surface area contributed by atoms with Crippen molar-refractivity contribution in [3.05, 3.63) is 0 Å². The molecule has 0 aromatic carbocycles. The largest absolute Gasteiger partial charge is 0.378 e. The Balaban J connectivity index is 2.76. The third-order valence-corrected chi connectivity index (χ3v) is 2.43. The summed E-state index contributed by atoms with van der Waals surface area (Å²) in [6, 6.07) is 0.611. The van der Waals surface area contributed by atoms with Gasteiger partial charge in [-0.25, -0.2) is 0 Å². The average molecular weight is 185 g/mol. The fourth-order valence-electron chi connectivity index (χ4n) is 2.47. The Kier molecular flexibility index (Phi) is 2.75. The molecule has 0 aromatic rings. The highest BCUT2D eigenvalue weighted by Crippen LogP contribution is 2.30. The van der Waals surface area contributed by atoms with E-state index in [9.17, 15) is 0 Å². The van der Waals surface area contributed by atoms with Gasteiger partial charge in [0.25, 0.3) is 0 Å². The highest BCUT2D eigenvalue weighted by Gasteiger charge is 2.40. The zero-order chi connectivity index (χ0) is 10.3. The fourth-order valence-corrected chi connectivity index (χ4v) is 2.47. The number of ether oxygens (including phenoxy) is 1. The highest BCUT2D eigenvalue weighted by molar-refractivity contribution is 4.94. The summed E-state index contributed by atoms with van der Waals surface area (Å²) in [5.41, 5.74) is 0.458. The zero-order valence-corrected chi connectivity index (χ0v) is 9.85. The Bertz CT molecular complexity index is 158. The Hall–Kier alpha value is -0.0800. The van der Waals surface area contributed by atoms with Crippen molar-refractivity contribution in [2.45, 2.75) is 58.7 Å². The second kappa shape index (κ2) is 3.25. The van der Waals surface area contributed by atoms with Crippen LogP contribution < -0.4 is 0 Å². The Labute approximate surface area is 82.3 Å². The van der Waals surface area contributed by atoms with Gasteiger partial charge in [0.15, 0.2) is 0 Å². The van der Waals surface area contributed by atoms with E-state index in [1.54, 1.807) is 0 Å². The van der Waals surface area contributed by atoms with Crippen LogP contribution in [0.1, 0.15) is 41.5 Å². The van der Waals surface area contributed by atoms with Crippen molar-refractivity contribution in [1.82, 2.24) is 4.90 Å². The molecule has 2 nitrogen and oxygen atoms in total. The first kappa shape index (κ1) is 11.0. The van der Waals surface area contributed by atoms with Crippen LogP contribution in [0, 0.1) is 0 Å².